The Morgan fingerprint density at radius 1 is 0.750 bits per heavy atom. The Labute approximate surface area is 212 Å². The van der Waals surface area contributed by atoms with Gasteiger partial charge in [-0.1, -0.05) is 55.0 Å². The second-order valence-electron chi connectivity index (χ2n) is 10.5. The molecule has 0 N–H and O–H groups in total. The molecule has 188 valence electrons. The van der Waals surface area contributed by atoms with E-state index in [9.17, 15) is 9.59 Å². The number of carbonyl (C=O) groups excluding carboxylic acids is 2. The predicted octanol–water partition coefficient (Wildman–Crippen LogP) is 4.17. The van der Waals surface area contributed by atoms with Crippen LogP contribution in [-0.2, 0) is 9.53 Å². The van der Waals surface area contributed by atoms with Gasteiger partial charge in [-0.2, -0.15) is 0 Å². The zero-order valence-electron chi connectivity index (χ0n) is 20.9. The molecule has 0 aromatic heterocycles. The topological polar surface area (TPSA) is 53.1 Å². The number of nitrogens with zero attached hydrogens (tertiary/aromatic N) is 3. The summed E-state index contributed by atoms with van der Waals surface area (Å²) in [6.07, 6.45) is 4.19. The third-order valence-electron chi connectivity index (χ3n) is 8.42. The first-order valence-corrected chi connectivity index (χ1v) is 13.5. The molecule has 0 radical (unpaired) electrons. The van der Waals surface area contributed by atoms with E-state index in [2.05, 4.69) is 35.2 Å². The molecule has 0 unspecified atom stereocenters. The van der Waals surface area contributed by atoms with Gasteiger partial charge in [0.2, 0.25) is 5.91 Å². The number of carbonyl (C=O) groups is 2. The Balaban J connectivity index is 1.15. The first-order chi connectivity index (χ1) is 17.7. The van der Waals surface area contributed by atoms with E-state index in [4.69, 9.17) is 4.74 Å². The first-order valence-electron chi connectivity index (χ1n) is 13.5. The van der Waals surface area contributed by atoms with E-state index in [1.165, 1.54) is 0 Å². The lowest BCUT2D eigenvalue weighted by Gasteiger charge is -2.43. The van der Waals surface area contributed by atoms with Crippen molar-refractivity contribution in [1.29, 1.82) is 0 Å². The number of benzene rings is 3. The Bertz CT molecular complexity index is 1210. The molecule has 3 aromatic rings. The molecular weight excluding hydrogens is 450 g/mol. The second kappa shape index (κ2) is 10.2. The van der Waals surface area contributed by atoms with Crippen molar-refractivity contribution >= 4 is 33.4 Å². The molecule has 3 fully saturated rings. The summed E-state index contributed by atoms with van der Waals surface area (Å²) in [7, 11) is 0. The predicted molar refractivity (Wildman–Crippen MR) is 142 cm³/mol. The van der Waals surface area contributed by atoms with Crippen molar-refractivity contribution < 1.29 is 14.3 Å². The van der Waals surface area contributed by atoms with E-state index in [1.807, 2.05) is 34.1 Å². The molecule has 6 nitrogen and oxygen atoms in total. The van der Waals surface area contributed by atoms with Crippen LogP contribution in [0.3, 0.4) is 0 Å². The lowest BCUT2D eigenvalue weighted by Crippen LogP contribution is -2.54. The Kier molecular flexibility index (Phi) is 6.63. The van der Waals surface area contributed by atoms with Gasteiger partial charge in [0.15, 0.2) is 0 Å². The summed E-state index contributed by atoms with van der Waals surface area (Å²) in [6, 6.07) is 19.0. The van der Waals surface area contributed by atoms with Crippen LogP contribution in [0, 0.1) is 5.92 Å². The Morgan fingerprint density at radius 3 is 2.06 bits per heavy atom. The highest BCUT2D eigenvalue weighted by Crippen LogP contribution is 2.32. The van der Waals surface area contributed by atoms with Gasteiger partial charge in [-0.05, 0) is 46.9 Å². The molecule has 3 aromatic carbocycles. The maximum atomic E-state index is 13.9. The van der Waals surface area contributed by atoms with Crippen LogP contribution in [0.1, 0.15) is 36.0 Å². The van der Waals surface area contributed by atoms with Crippen LogP contribution in [0.25, 0.3) is 21.5 Å². The van der Waals surface area contributed by atoms with Crippen molar-refractivity contribution in [2.75, 3.05) is 52.5 Å². The summed E-state index contributed by atoms with van der Waals surface area (Å²) in [5.41, 5.74) is 0.825. The highest BCUT2D eigenvalue weighted by atomic mass is 16.5. The third kappa shape index (κ3) is 4.48. The number of morpholine rings is 1. The molecule has 1 saturated carbocycles. The Morgan fingerprint density at radius 2 is 1.39 bits per heavy atom. The van der Waals surface area contributed by atoms with Crippen LogP contribution < -0.4 is 0 Å². The fourth-order valence-electron chi connectivity index (χ4n) is 6.45. The minimum Gasteiger partial charge on any atom is -0.378 e. The summed E-state index contributed by atoms with van der Waals surface area (Å²) in [5, 5.41) is 4.27. The van der Waals surface area contributed by atoms with Crippen LogP contribution in [-0.4, -0.2) is 85.0 Å². The van der Waals surface area contributed by atoms with Crippen LogP contribution in [0.2, 0.25) is 0 Å². The van der Waals surface area contributed by atoms with Gasteiger partial charge in [0.1, 0.15) is 0 Å². The maximum absolute atomic E-state index is 13.9. The summed E-state index contributed by atoms with van der Waals surface area (Å²) in [4.78, 5) is 33.5. The number of ether oxygens (including phenoxy) is 1. The highest BCUT2D eigenvalue weighted by molar-refractivity contribution is 6.18. The molecule has 6 rings (SSSR count). The van der Waals surface area contributed by atoms with E-state index in [0.29, 0.717) is 25.2 Å². The van der Waals surface area contributed by atoms with Crippen LogP contribution in [0.15, 0.2) is 54.6 Å². The molecule has 0 spiro atoms. The van der Waals surface area contributed by atoms with Gasteiger partial charge in [-0.25, -0.2) is 0 Å². The number of hydrogen-bond donors (Lipinski definition) is 0. The largest absolute Gasteiger partial charge is 0.378 e. The number of fused-ring (bicyclic) bond motifs is 2. The van der Waals surface area contributed by atoms with Gasteiger partial charge in [-0.3, -0.25) is 14.5 Å². The average Bonchev–Trinajstić information content (AvgIpc) is 2.96. The SMILES string of the molecule is O=C(c1c2ccccc2cc2ccccc12)N1CCN([C@@H]2CCC[C@@H](C(=O)N3CCOCC3)C2)CC1. The van der Waals surface area contributed by atoms with E-state index in [0.717, 1.165) is 92.1 Å². The zero-order valence-corrected chi connectivity index (χ0v) is 20.9. The molecule has 2 heterocycles. The van der Waals surface area contributed by atoms with Crippen molar-refractivity contribution in [3.05, 3.63) is 60.2 Å². The van der Waals surface area contributed by atoms with Crippen molar-refractivity contribution in [2.45, 2.75) is 31.7 Å². The summed E-state index contributed by atoms with van der Waals surface area (Å²) in [5.74, 6) is 0.579. The van der Waals surface area contributed by atoms with Gasteiger partial charge in [-0.15, -0.1) is 0 Å². The van der Waals surface area contributed by atoms with Gasteiger partial charge < -0.3 is 14.5 Å². The van der Waals surface area contributed by atoms with Gasteiger partial charge in [0.05, 0.1) is 18.8 Å². The van der Waals surface area contributed by atoms with Crippen molar-refractivity contribution in [2.24, 2.45) is 5.92 Å². The lowest BCUT2D eigenvalue weighted by molar-refractivity contribution is -0.141. The Hall–Kier alpha value is -2.96. The highest BCUT2D eigenvalue weighted by Gasteiger charge is 2.35. The van der Waals surface area contributed by atoms with E-state index >= 15 is 0 Å². The number of rotatable bonds is 3. The minimum atomic E-state index is 0.128. The van der Waals surface area contributed by atoms with Crippen LogP contribution in [0.4, 0.5) is 0 Å². The van der Waals surface area contributed by atoms with Crippen LogP contribution in [0.5, 0.6) is 0 Å². The number of piperazine rings is 1. The standard InChI is InChI=1S/C30H35N3O3/c34-29(33-16-18-36-19-17-33)24-8-5-9-25(21-24)31-12-14-32(15-13-31)30(35)28-26-10-3-1-6-22(26)20-23-7-2-4-11-27(23)28/h1-4,6-7,10-11,20,24-25H,5,8-9,12-19,21H2/t24-,25-/m1/s1. The smallest absolute Gasteiger partial charge is 0.255 e. The molecule has 3 aliphatic rings. The average molecular weight is 486 g/mol. The monoisotopic (exact) mass is 485 g/mol. The van der Waals surface area contributed by atoms with Gasteiger partial charge in [0, 0.05) is 51.2 Å². The summed E-state index contributed by atoms with van der Waals surface area (Å²) in [6.45, 7) is 5.97. The third-order valence-corrected chi connectivity index (χ3v) is 8.42. The molecular formula is C30H35N3O3. The first kappa shape index (κ1) is 23.4. The molecule has 2 saturated heterocycles. The van der Waals surface area contributed by atoms with Gasteiger partial charge >= 0.3 is 0 Å². The van der Waals surface area contributed by atoms with Crippen molar-refractivity contribution in [3.8, 4) is 0 Å². The van der Waals surface area contributed by atoms with Crippen LogP contribution >= 0.6 is 0 Å². The minimum absolute atomic E-state index is 0.128. The molecule has 36 heavy (non-hydrogen) atoms. The fraction of sp³-hybridized carbons (Fsp3) is 0.467. The molecule has 6 heteroatoms. The molecule has 0 bridgehead atoms. The van der Waals surface area contributed by atoms with E-state index in [1.54, 1.807) is 0 Å². The van der Waals surface area contributed by atoms with E-state index in [-0.39, 0.29) is 11.8 Å². The summed E-state index contributed by atoms with van der Waals surface area (Å²) < 4.78 is 5.43. The van der Waals surface area contributed by atoms with Crippen molar-refractivity contribution in [1.82, 2.24) is 14.7 Å². The van der Waals surface area contributed by atoms with E-state index < -0.39 is 0 Å². The second-order valence-corrected chi connectivity index (χ2v) is 10.5. The zero-order chi connectivity index (χ0) is 24.5. The van der Waals surface area contributed by atoms with Crippen molar-refractivity contribution in [3.63, 3.8) is 0 Å². The maximum Gasteiger partial charge on any atom is 0.255 e. The molecule has 1 aliphatic carbocycles. The number of hydrogen-bond acceptors (Lipinski definition) is 4. The van der Waals surface area contributed by atoms with Gasteiger partial charge in [0.25, 0.3) is 5.91 Å². The summed E-state index contributed by atoms with van der Waals surface area (Å²) >= 11 is 0. The molecule has 2 amide bonds. The molecule has 2 atom stereocenters. The fourth-order valence-corrected chi connectivity index (χ4v) is 6.45. The quantitative estimate of drug-likeness (QED) is 0.523. The molecule has 2 aliphatic heterocycles. The number of amides is 2. The normalized spacial score (nSPS) is 23.8. The lowest BCUT2D eigenvalue weighted by atomic mass is 9.83.